The molecule has 0 fully saturated rings. The molecule has 43 heavy (non-hydrogen) atoms. The van der Waals surface area contributed by atoms with Crippen LogP contribution < -0.4 is 18.9 Å². The monoisotopic (exact) mass is 604 g/mol. The first-order valence-corrected chi connectivity index (χ1v) is 14.3. The quantitative estimate of drug-likeness (QED) is 0.136. The van der Waals surface area contributed by atoms with Crippen molar-refractivity contribution < 1.29 is 38.4 Å². The predicted octanol–water partition coefficient (Wildman–Crippen LogP) is 7.73. The van der Waals surface area contributed by atoms with Crippen molar-refractivity contribution in [3.63, 3.8) is 0 Å². The second-order valence-electron chi connectivity index (χ2n) is 8.74. The molecule has 0 unspecified atom stereocenters. The third-order valence-electron chi connectivity index (χ3n) is 5.61. The zero-order chi connectivity index (χ0) is 30.3. The Bertz CT molecular complexity index is 1410. The number of carbonyl (C=O) groups is 2. The Labute approximate surface area is 254 Å². The van der Waals surface area contributed by atoms with E-state index in [0.29, 0.717) is 40.9 Å². The summed E-state index contributed by atoms with van der Waals surface area (Å²) in [6.45, 7) is 2.03. The Balaban J connectivity index is 1.25. The van der Waals surface area contributed by atoms with Crippen LogP contribution in [-0.2, 0) is 4.74 Å². The summed E-state index contributed by atoms with van der Waals surface area (Å²) in [5, 5.41) is 9.75. The Morgan fingerprint density at radius 2 is 1.00 bits per heavy atom. The summed E-state index contributed by atoms with van der Waals surface area (Å²) >= 11 is 0.716. The van der Waals surface area contributed by atoms with Gasteiger partial charge in [0.25, 0.3) is 0 Å². The van der Waals surface area contributed by atoms with Crippen molar-refractivity contribution in [1.82, 2.24) is 8.61 Å². The van der Waals surface area contributed by atoms with Gasteiger partial charge in [-0.2, -0.15) is 0 Å². The van der Waals surface area contributed by atoms with Gasteiger partial charge in [-0.25, -0.2) is 18.2 Å². The molecule has 0 heterocycles. The highest BCUT2D eigenvalue weighted by molar-refractivity contribution is 7.95. The Kier molecular flexibility index (Phi) is 11.8. The largest absolute Gasteiger partial charge is 0.492 e. The van der Waals surface area contributed by atoms with Gasteiger partial charge in [0.15, 0.2) is 0 Å². The van der Waals surface area contributed by atoms with E-state index in [1.165, 1.54) is 4.31 Å². The highest BCUT2D eigenvalue weighted by atomic mass is 32.2. The lowest BCUT2D eigenvalue weighted by Gasteiger charge is -2.26. The number of hydrogen-bond acceptors (Lipinski definition) is 8. The van der Waals surface area contributed by atoms with Crippen LogP contribution in [0.15, 0.2) is 109 Å². The molecule has 10 nitrogen and oxygen atoms in total. The maximum atomic E-state index is 12.6. The lowest BCUT2D eigenvalue weighted by Crippen LogP contribution is -2.37. The minimum Gasteiger partial charge on any atom is -0.492 e. The van der Waals surface area contributed by atoms with Gasteiger partial charge >= 0.3 is 12.2 Å². The van der Waals surface area contributed by atoms with Crippen LogP contribution in [0.3, 0.4) is 0 Å². The minimum absolute atomic E-state index is 0.0120. The first-order valence-electron chi connectivity index (χ1n) is 13.5. The number of rotatable bonds is 15. The molecule has 4 aromatic carbocycles. The molecule has 0 spiro atoms. The van der Waals surface area contributed by atoms with E-state index in [2.05, 4.69) is 0 Å². The smallest absolute Gasteiger partial charge is 0.421 e. The third kappa shape index (κ3) is 10.4. The van der Waals surface area contributed by atoms with Crippen LogP contribution in [0.4, 0.5) is 9.59 Å². The van der Waals surface area contributed by atoms with Gasteiger partial charge in [-0.05, 0) is 79.7 Å². The van der Waals surface area contributed by atoms with Crippen LogP contribution in [0.5, 0.6) is 34.5 Å². The molecule has 0 bridgehead atoms. The topological polar surface area (TPSA) is 107 Å². The van der Waals surface area contributed by atoms with Crippen LogP contribution in [0, 0.1) is 0 Å². The van der Waals surface area contributed by atoms with Crippen molar-refractivity contribution in [2.24, 2.45) is 0 Å². The number of para-hydroxylation sites is 2. The van der Waals surface area contributed by atoms with Crippen LogP contribution in [0.2, 0.25) is 0 Å². The molecular formula is C32H32N2O8S. The maximum absolute atomic E-state index is 12.6. The number of amides is 2. The zero-order valence-corrected chi connectivity index (χ0v) is 24.4. The molecule has 0 aliphatic rings. The normalized spacial score (nSPS) is 10.3. The molecule has 4 rings (SSSR count). The summed E-state index contributed by atoms with van der Waals surface area (Å²) < 4.78 is 30.4. The minimum atomic E-state index is -1.23. The summed E-state index contributed by atoms with van der Waals surface area (Å²) in [5.41, 5.74) is 0. The average molecular weight is 605 g/mol. The molecule has 11 heteroatoms. The predicted molar refractivity (Wildman–Crippen MR) is 163 cm³/mol. The van der Waals surface area contributed by atoms with Gasteiger partial charge in [0.05, 0.1) is 31.8 Å². The van der Waals surface area contributed by atoms with Gasteiger partial charge in [0.2, 0.25) is 0 Å². The average Bonchev–Trinajstić information content (AvgIpc) is 3.02. The van der Waals surface area contributed by atoms with Gasteiger partial charge in [-0.3, -0.25) is 0 Å². The molecule has 0 aliphatic carbocycles. The highest BCUT2D eigenvalue weighted by Crippen LogP contribution is 2.25. The van der Waals surface area contributed by atoms with Crippen LogP contribution in [-0.4, -0.2) is 58.8 Å². The van der Waals surface area contributed by atoms with E-state index in [4.69, 9.17) is 23.7 Å². The molecule has 4 aromatic rings. The van der Waals surface area contributed by atoms with E-state index in [0.717, 1.165) is 10.1 Å². The van der Waals surface area contributed by atoms with Gasteiger partial charge in [0, 0.05) is 0 Å². The number of ether oxygens (including phenoxy) is 5. The van der Waals surface area contributed by atoms with Gasteiger partial charge < -0.3 is 28.8 Å². The number of nitrogens with zero attached hydrogens (tertiary/aromatic N) is 2. The van der Waals surface area contributed by atoms with E-state index in [-0.39, 0.29) is 32.9 Å². The van der Waals surface area contributed by atoms with Crippen LogP contribution in [0.25, 0.3) is 0 Å². The van der Waals surface area contributed by atoms with Crippen LogP contribution >= 0.6 is 12.1 Å². The molecule has 1 N–H and O–H groups in total. The van der Waals surface area contributed by atoms with Crippen molar-refractivity contribution in [2.75, 3.05) is 32.9 Å². The SMILES string of the molecule is CCOC(=O)N(CCOc1ccc(Oc2ccccc2)cc1)SN(CCOc1ccc(Oc2ccccc2)cc1)C(=O)O. The van der Waals surface area contributed by atoms with Crippen molar-refractivity contribution in [3.8, 4) is 34.5 Å². The first-order chi connectivity index (χ1) is 21.0. The summed E-state index contributed by atoms with van der Waals surface area (Å²) in [7, 11) is 0. The maximum Gasteiger partial charge on any atom is 0.421 e. The highest BCUT2D eigenvalue weighted by Gasteiger charge is 2.23. The lowest BCUT2D eigenvalue weighted by atomic mass is 10.3. The lowest BCUT2D eigenvalue weighted by molar-refractivity contribution is 0.127. The van der Waals surface area contributed by atoms with E-state index in [9.17, 15) is 14.7 Å². The number of benzene rings is 4. The molecule has 0 atom stereocenters. The van der Waals surface area contributed by atoms with E-state index >= 15 is 0 Å². The van der Waals surface area contributed by atoms with Crippen LogP contribution in [0.1, 0.15) is 6.92 Å². The Hall–Kier alpha value is -5.03. The van der Waals surface area contributed by atoms with E-state index in [1.54, 1.807) is 55.5 Å². The van der Waals surface area contributed by atoms with Crippen molar-refractivity contribution in [2.45, 2.75) is 6.92 Å². The molecule has 0 aromatic heterocycles. The number of hydrogen-bond donors (Lipinski definition) is 1. The van der Waals surface area contributed by atoms with E-state index < -0.39 is 12.2 Å². The second-order valence-corrected chi connectivity index (χ2v) is 9.78. The summed E-state index contributed by atoms with van der Waals surface area (Å²) in [5.74, 6) is 3.85. The molecule has 0 radical (unpaired) electrons. The fourth-order valence-electron chi connectivity index (χ4n) is 3.60. The fraction of sp³-hybridized carbons (Fsp3) is 0.188. The standard InChI is InChI=1S/C32H32N2O8S/c1-2-38-32(37)34(22-24-40-26-15-19-30(20-16-26)42-28-11-7-4-8-12-28)43-33(31(35)36)21-23-39-25-13-17-29(18-14-25)41-27-9-5-3-6-10-27/h3-20H,2,21-24H2,1H3,(H,35,36). The van der Waals surface area contributed by atoms with Crippen molar-refractivity contribution in [3.05, 3.63) is 109 Å². The number of carboxylic acid groups (broad SMARTS) is 1. The zero-order valence-electron chi connectivity index (χ0n) is 23.5. The molecular weight excluding hydrogens is 572 g/mol. The van der Waals surface area contributed by atoms with Crippen molar-refractivity contribution in [1.29, 1.82) is 0 Å². The molecule has 0 saturated heterocycles. The third-order valence-corrected chi connectivity index (χ3v) is 6.68. The van der Waals surface area contributed by atoms with Gasteiger partial charge in [-0.1, -0.05) is 36.4 Å². The van der Waals surface area contributed by atoms with Gasteiger partial charge in [-0.15, -0.1) is 0 Å². The van der Waals surface area contributed by atoms with E-state index in [1.807, 2.05) is 60.7 Å². The number of carbonyl (C=O) groups excluding carboxylic acids is 1. The molecule has 2 amide bonds. The summed E-state index contributed by atoms with van der Waals surface area (Å²) in [6, 6.07) is 32.8. The summed E-state index contributed by atoms with van der Waals surface area (Å²) in [4.78, 5) is 24.5. The molecule has 0 aliphatic heterocycles. The molecule has 0 saturated carbocycles. The van der Waals surface area contributed by atoms with Gasteiger partial charge in [0.1, 0.15) is 47.7 Å². The first kappa shape index (κ1) is 30.9. The fourth-order valence-corrected chi connectivity index (χ4v) is 4.34. The summed E-state index contributed by atoms with van der Waals surface area (Å²) in [6.07, 6.45) is -1.91. The second kappa shape index (κ2) is 16.4. The van der Waals surface area contributed by atoms with Crippen molar-refractivity contribution >= 4 is 24.3 Å². The Morgan fingerprint density at radius 1 is 0.605 bits per heavy atom. The molecule has 224 valence electrons. The Morgan fingerprint density at radius 3 is 1.42 bits per heavy atom.